The van der Waals surface area contributed by atoms with Crippen LogP contribution in [0.2, 0.25) is 0 Å². The van der Waals surface area contributed by atoms with Crippen molar-refractivity contribution in [3.8, 4) is 0 Å². The predicted octanol–water partition coefficient (Wildman–Crippen LogP) is 0.821. The van der Waals surface area contributed by atoms with E-state index in [-0.39, 0.29) is 24.4 Å². The number of piperidine rings is 1. The van der Waals surface area contributed by atoms with Crippen molar-refractivity contribution in [2.75, 3.05) is 13.1 Å². The Labute approximate surface area is 121 Å². The van der Waals surface area contributed by atoms with Crippen molar-refractivity contribution >= 4 is 27.3 Å². The van der Waals surface area contributed by atoms with Crippen LogP contribution in [0.3, 0.4) is 0 Å². The molecule has 1 aliphatic heterocycles. The van der Waals surface area contributed by atoms with E-state index < -0.39 is 28.0 Å². The molecule has 1 saturated heterocycles. The van der Waals surface area contributed by atoms with Crippen LogP contribution in [0.1, 0.15) is 16.2 Å². The van der Waals surface area contributed by atoms with Crippen molar-refractivity contribution in [1.82, 2.24) is 4.31 Å². The molecule has 6 nitrogen and oxygen atoms in total. The maximum atomic E-state index is 12.6. The number of aliphatic hydroxyl groups is 1. The molecule has 1 aromatic heterocycles. The van der Waals surface area contributed by atoms with Gasteiger partial charge in [-0.1, -0.05) is 0 Å². The van der Waals surface area contributed by atoms with Crippen LogP contribution >= 0.6 is 11.3 Å². The van der Waals surface area contributed by atoms with Gasteiger partial charge in [0.1, 0.15) is 0 Å². The number of nitrogens with zero attached hydrogens (tertiary/aromatic N) is 1. The van der Waals surface area contributed by atoms with Crippen LogP contribution in [0, 0.1) is 19.8 Å². The minimum absolute atomic E-state index is 0.137. The Morgan fingerprint density at radius 3 is 2.60 bits per heavy atom. The highest BCUT2D eigenvalue weighted by Gasteiger charge is 2.39. The van der Waals surface area contributed by atoms with E-state index in [1.54, 1.807) is 13.0 Å². The zero-order valence-electron chi connectivity index (χ0n) is 11.2. The molecule has 2 heterocycles. The average molecular weight is 319 g/mol. The summed E-state index contributed by atoms with van der Waals surface area (Å²) in [4.78, 5) is 12.9. The molecule has 0 saturated carbocycles. The predicted molar refractivity (Wildman–Crippen MR) is 74.3 cm³/mol. The van der Waals surface area contributed by atoms with Crippen molar-refractivity contribution in [2.45, 2.75) is 31.3 Å². The van der Waals surface area contributed by atoms with E-state index >= 15 is 0 Å². The van der Waals surface area contributed by atoms with Crippen molar-refractivity contribution in [3.63, 3.8) is 0 Å². The lowest BCUT2D eigenvalue weighted by atomic mass is 9.96. The number of carboxylic acid groups (broad SMARTS) is 1. The van der Waals surface area contributed by atoms with Crippen molar-refractivity contribution in [2.24, 2.45) is 5.92 Å². The Morgan fingerprint density at radius 1 is 1.45 bits per heavy atom. The number of carboxylic acids is 1. The Bertz CT molecular complexity index is 622. The Morgan fingerprint density at radius 2 is 2.10 bits per heavy atom. The van der Waals surface area contributed by atoms with Crippen molar-refractivity contribution in [3.05, 3.63) is 15.8 Å². The van der Waals surface area contributed by atoms with Crippen LogP contribution in [0.25, 0.3) is 0 Å². The van der Waals surface area contributed by atoms with Gasteiger partial charge >= 0.3 is 5.97 Å². The van der Waals surface area contributed by atoms with Gasteiger partial charge < -0.3 is 10.2 Å². The van der Waals surface area contributed by atoms with Crippen LogP contribution in [0.4, 0.5) is 0 Å². The number of thiophene rings is 1. The Balaban J connectivity index is 2.31. The smallest absolute Gasteiger partial charge is 0.310 e. The normalized spacial score (nSPS) is 24.8. The highest BCUT2D eigenvalue weighted by molar-refractivity contribution is 7.89. The molecule has 0 radical (unpaired) electrons. The maximum absolute atomic E-state index is 12.6. The van der Waals surface area contributed by atoms with Crippen LogP contribution in [-0.2, 0) is 14.8 Å². The van der Waals surface area contributed by atoms with Crippen LogP contribution in [0.15, 0.2) is 11.0 Å². The third kappa shape index (κ3) is 2.73. The molecule has 0 amide bonds. The average Bonchev–Trinajstić information content (AvgIpc) is 2.69. The molecule has 0 unspecified atom stereocenters. The quantitative estimate of drug-likeness (QED) is 0.860. The largest absolute Gasteiger partial charge is 0.481 e. The summed E-state index contributed by atoms with van der Waals surface area (Å²) in [6.07, 6.45) is -0.859. The fourth-order valence-electron chi connectivity index (χ4n) is 2.37. The molecular weight excluding hydrogens is 302 g/mol. The maximum Gasteiger partial charge on any atom is 0.310 e. The summed E-state index contributed by atoms with van der Waals surface area (Å²) in [6.45, 7) is 3.52. The third-order valence-corrected chi connectivity index (χ3v) is 6.56. The molecule has 2 N–H and O–H groups in total. The third-order valence-electron chi connectivity index (χ3n) is 3.47. The van der Waals surface area contributed by atoms with Crippen LogP contribution in [0.5, 0.6) is 0 Å². The van der Waals surface area contributed by atoms with Crippen LogP contribution in [-0.4, -0.2) is 48.1 Å². The minimum atomic E-state index is -3.69. The first-order valence-corrected chi connectivity index (χ1v) is 8.47. The monoisotopic (exact) mass is 319 g/mol. The zero-order valence-corrected chi connectivity index (χ0v) is 12.9. The molecule has 2 rings (SSSR count). The van der Waals surface area contributed by atoms with Crippen molar-refractivity contribution < 1.29 is 23.4 Å². The molecule has 0 bridgehead atoms. The SMILES string of the molecule is Cc1cc(S(=O)(=O)N2CC[C@@H](O)[C@@H](C(=O)O)C2)c(C)s1. The van der Waals surface area contributed by atoms with Gasteiger partial charge in [-0.2, -0.15) is 4.31 Å². The lowest BCUT2D eigenvalue weighted by Gasteiger charge is -2.33. The zero-order chi connectivity index (χ0) is 15.1. The number of hydrogen-bond acceptors (Lipinski definition) is 5. The number of aliphatic hydroxyl groups excluding tert-OH is 1. The number of rotatable bonds is 3. The van der Waals surface area contributed by atoms with E-state index in [2.05, 4.69) is 0 Å². The van der Waals surface area contributed by atoms with Gasteiger partial charge in [-0.25, -0.2) is 8.42 Å². The first-order valence-electron chi connectivity index (χ1n) is 6.21. The second-order valence-corrected chi connectivity index (χ2v) is 8.31. The van der Waals surface area contributed by atoms with E-state index in [0.717, 1.165) is 9.18 Å². The van der Waals surface area contributed by atoms with Crippen LogP contribution < -0.4 is 0 Å². The second kappa shape index (κ2) is 5.44. The number of hydrogen-bond donors (Lipinski definition) is 2. The summed E-state index contributed by atoms with van der Waals surface area (Å²) in [5, 5.41) is 18.7. The highest BCUT2D eigenvalue weighted by Crippen LogP contribution is 2.30. The molecule has 1 aliphatic rings. The highest BCUT2D eigenvalue weighted by atomic mass is 32.2. The van der Waals surface area contributed by atoms with Gasteiger partial charge in [0.05, 0.1) is 16.9 Å². The van der Waals surface area contributed by atoms with E-state index in [0.29, 0.717) is 4.88 Å². The van der Waals surface area contributed by atoms with Gasteiger partial charge in [-0.05, 0) is 26.3 Å². The Hall–Kier alpha value is -0.960. The number of aryl methyl sites for hydroxylation is 2. The molecule has 0 aliphatic carbocycles. The Kier molecular flexibility index (Phi) is 4.19. The standard InChI is InChI=1S/C12H17NO5S2/c1-7-5-11(8(2)19-7)20(17,18)13-4-3-10(14)9(6-13)12(15)16/h5,9-10,14H,3-4,6H2,1-2H3,(H,15,16)/t9-,10+/m0/s1. The van der Waals surface area contributed by atoms with Gasteiger partial charge in [0.2, 0.25) is 10.0 Å². The van der Waals surface area contributed by atoms with Gasteiger partial charge in [0, 0.05) is 22.8 Å². The summed E-state index contributed by atoms with van der Waals surface area (Å²) >= 11 is 1.40. The summed E-state index contributed by atoms with van der Waals surface area (Å²) in [5.74, 6) is -2.24. The molecule has 112 valence electrons. The molecule has 2 atom stereocenters. The fourth-order valence-corrected chi connectivity index (χ4v) is 5.38. The van der Waals surface area contributed by atoms with Crippen molar-refractivity contribution in [1.29, 1.82) is 0 Å². The molecule has 20 heavy (non-hydrogen) atoms. The first-order chi connectivity index (χ1) is 9.23. The summed E-state index contributed by atoms with van der Waals surface area (Å²) in [7, 11) is -3.69. The molecule has 8 heteroatoms. The van der Waals surface area contributed by atoms with Gasteiger partial charge in [0.25, 0.3) is 0 Å². The van der Waals surface area contributed by atoms with E-state index in [4.69, 9.17) is 5.11 Å². The van der Waals surface area contributed by atoms with E-state index in [1.807, 2.05) is 6.92 Å². The molecule has 0 spiro atoms. The van der Waals surface area contributed by atoms with Gasteiger partial charge in [0.15, 0.2) is 0 Å². The van der Waals surface area contributed by atoms with E-state index in [1.165, 1.54) is 11.3 Å². The number of sulfonamides is 1. The first kappa shape index (κ1) is 15.4. The summed E-state index contributed by atoms with van der Waals surface area (Å²) < 4.78 is 26.3. The minimum Gasteiger partial charge on any atom is -0.481 e. The van der Waals surface area contributed by atoms with Gasteiger partial charge in [-0.3, -0.25) is 4.79 Å². The van der Waals surface area contributed by atoms with E-state index in [9.17, 15) is 18.3 Å². The summed E-state index contributed by atoms with van der Waals surface area (Å²) in [6, 6.07) is 1.61. The molecule has 1 aromatic rings. The lowest BCUT2D eigenvalue weighted by molar-refractivity contribution is -0.147. The topological polar surface area (TPSA) is 94.9 Å². The second-order valence-electron chi connectivity index (χ2n) is 4.94. The summed E-state index contributed by atoms with van der Waals surface area (Å²) in [5.41, 5.74) is 0. The number of aliphatic carboxylic acids is 1. The van der Waals surface area contributed by atoms with Gasteiger partial charge in [-0.15, -0.1) is 11.3 Å². The fraction of sp³-hybridized carbons (Fsp3) is 0.583. The number of carbonyl (C=O) groups is 1. The molecule has 1 fully saturated rings. The lowest BCUT2D eigenvalue weighted by Crippen LogP contribution is -2.48. The molecular formula is C12H17NO5S2. The molecule has 0 aromatic carbocycles.